The summed E-state index contributed by atoms with van der Waals surface area (Å²) >= 11 is 0. The van der Waals surface area contributed by atoms with E-state index in [1.54, 1.807) is 48.9 Å². The van der Waals surface area contributed by atoms with Gasteiger partial charge in [0.2, 0.25) is 5.76 Å². The van der Waals surface area contributed by atoms with Crippen LogP contribution in [0, 0.1) is 0 Å². The lowest BCUT2D eigenvalue weighted by Crippen LogP contribution is -2.23. The van der Waals surface area contributed by atoms with E-state index in [1.165, 1.54) is 0 Å². The number of carbonyl (C=O) groups is 1. The summed E-state index contributed by atoms with van der Waals surface area (Å²) in [4.78, 5) is 15.8. The van der Waals surface area contributed by atoms with Crippen molar-refractivity contribution in [2.45, 2.75) is 6.54 Å². The largest absolute Gasteiger partial charge is 0.461 e. The van der Waals surface area contributed by atoms with Gasteiger partial charge in [0.1, 0.15) is 11.4 Å². The molecular formula is C14H11N3O3. The predicted octanol–water partition coefficient (Wildman–Crippen LogP) is 2.26. The quantitative estimate of drug-likeness (QED) is 0.785. The lowest BCUT2D eigenvalue weighted by Gasteiger charge is -2.00. The summed E-state index contributed by atoms with van der Waals surface area (Å²) in [7, 11) is 0. The van der Waals surface area contributed by atoms with Crippen LogP contribution >= 0.6 is 0 Å². The van der Waals surface area contributed by atoms with E-state index in [4.69, 9.17) is 8.94 Å². The summed E-state index contributed by atoms with van der Waals surface area (Å²) in [5.41, 5.74) is 0.975. The number of hydrogen-bond acceptors (Lipinski definition) is 5. The number of nitrogens with one attached hydrogen (secondary N) is 1. The molecule has 0 unspecified atom stereocenters. The SMILES string of the molecule is O=C(NCc1cc(-c2ccco2)on1)c1ccccn1. The summed E-state index contributed by atoms with van der Waals surface area (Å²) in [6, 6.07) is 10.4. The standard InChI is InChI=1S/C14H11N3O3/c18-14(11-4-1-2-6-15-11)16-9-10-8-13(20-17-10)12-5-3-7-19-12/h1-8H,9H2,(H,16,18). The van der Waals surface area contributed by atoms with Gasteiger partial charge >= 0.3 is 0 Å². The molecule has 6 nitrogen and oxygen atoms in total. The van der Waals surface area contributed by atoms with Crippen LogP contribution in [0.1, 0.15) is 16.2 Å². The van der Waals surface area contributed by atoms with Gasteiger partial charge in [-0.25, -0.2) is 0 Å². The van der Waals surface area contributed by atoms with E-state index in [1.807, 2.05) is 0 Å². The van der Waals surface area contributed by atoms with Crippen LogP contribution in [0.2, 0.25) is 0 Å². The van der Waals surface area contributed by atoms with Crippen molar-refractivity contribution in [2.75, 3.05) is 0 Å². The fraction of sp³-hybridized carbons (Fsp3) is 0.0714. The smallest absolute Gasteiger partial charge is 0.270 e. The Morgan fingerprint density at radius 3 is 2.90 bits per heavy atom. The molecule has 3 heterocycles. The number of carbonyl (C=O) groups excluding carboxylic acids is 1. The minimum atomic E-state index is -0.256. The molecule has 0 saturated heterocycles. The first kappa shape index (κ1) is 12.2. The third-order valence-electron chi connectivity index (χ3n) is 2.65. The molecule has 1 N–H and O–H groups in total. The van der Waals surface area contributed by atoms with Crippen LogP contribution < -0.4 is 5.32 Å². The van der Waals surface area contributed by atoms with E-state index in [0.717, 1.165) is 0 Å². The molecule has 0 aliphatic carbocycles. The molecule has 6 heteroatoms. The van der Waals surface area contributed by atoms with Gasteiger partial charge in [-0.2, -0.15) is 0 Å². The lowest BCUT2D eigenvalue weighted by molar-refractivity contribution is 0.0945. The number of aromatic nitrogens is 2. The molecule has 1 amide bonds. The van der Waals surface area contributed by atoms with E-state index in [9.17, 15) is 4.79 Å². The molecule has 20 heavy (non-hydrogen) atoms. The van der Waals surface area contributed by atoms with Gasteiger partial charge in [-0.05, 0) is 24.3 Å². The molecule has 3 rings (SSSR count). The topological polar surface area (TPSA) is 81.2 Å². The Labute approximate surface area is 114 Å². The summed E-state index contributed by atoms with van der Waals surface area (Å²) in [6.07, 6.45) is 3.13. The minimum absolute atomic E-state index is 0.256. The number of pyridine rings is 1. The first-order valence-electron chi connectivity index (χ1n) is 6.01. The van der Waals surface area contributed by atoms with Crippen molar-refractivity contribution in [2.24, 2.45) is 0 Å². The molecule has 0 aliphatic rings. The van der Waals surface area contributed by atoms with Crippen molar-refractivity contribution in [3.05, 3.63) is 60.2 Å². The Bertz CT molecular complexity index is 690. The lowest BCUT2D eigenvalue weighted by atomic mass is 10.3. The van der Waals surface area contributed by atoms with Gasteiger partial charge in [0, 0.05) is 12.3 Å². The van der Waals surface area contributed by atoms with Crippen LogP contribution in [0.25, 0.3) is 11.5 Å². The minimum Gasteiger partial charge on any atom is -0.461 e. The highest BCUT2D eigenvalue weighted by Crippen LogP contribution is 2.20. The fourth-order valence-electron chi connectivity index (χ4n) is 1.69. The Balaban J connectivity index is 1.63. The van der Waals surface area contributed by atoms with Gasteiger partial charge in [0.15, 0.2) is 5.76 Å². The van der Waals surface area contributed by atoms with Crippen LogP contribution in [0.5, 0.6) is 0 Å². The highest BCUT2D eigenvalue weighted by molar-refractivity contribution is 5.92. The molecule has 0 aromatic carbocycles. The second kappa shape index (κ2) is 5.40. The van der Waals surface area contributed by atoms with E-state index in [0.29, 0.717) is 22.9 Å². The van der Waals surface area contributed by atoms with Crippen LogP contribution in [0.4, 0.5) is 0 Å². The third-order valence-corrected chi connectivity index (χ3v) is 2.65. The van der Waals surface area contributed by atoms with Crippen LogP contribution in [0.15, 0.2) is 57.8 Å². The molecule has 3 aromatic rings. The van der Waals surface area contributed by atoms with E-state index in [2.05, 4.69) is 15.5 Å². The van der Waals surface area contributed by atoms with E-state index < -0.39 is 0 Å². The van der Waals surface area contributed by atoms with Crippen LogP contribution in [0.3, 0.4) is 0 Å². The number of amides is 1. The normalized spacial score (nSPS) is 10.4. The first-order valence-corrected chi connectivity index (χ1v) is 6.01. The maximum absolute atomic E-state index is 11.8. The Morgan fingerprint density at radius 2 is 2.15 bits per heavy atom. The summed E-state index contributed by atoms with van der Waals surface area (Å²) in [6.45, 7) is 0.264. The van der Waals surface area contributed by atoms with Gasteiger partial charge < -0.3 is 14.3 Å². The molecule has 3 aromatic heterocycles. The molecule has 0 bridgehead atoms. The van der Waals surface area contributed by atoms with Crippen molar-refractivity contribution < 1.29 is 13.7 Å². The van der Waals surface area contributed by atoms with E-state index in [-0.39, 0.29) is 12.5 Å². The van der Waals surface area contributed by atoms with Crippen molar-refractivity contribution in [1.29, 1.82) is 0 Å². The molecule has 0 spiro atoms. The molecule has 0 aliphatic heterocycles. The van der Waals surface area contributed by atoms with Crippen molar-refractivity contribution in [1.82, 2.24) is 15.5 Å². The van der Waals surface area contributed by atoms with Gasteiger partial charge in [-0.3, -0.25) is 9.78 Å². The monoisotopic (exact) mass is 269 g/mol. The number of furan rings is 1. The molecule has 0 saturated carbocycles. The average Bonchev–Trinajstić information content (AvgIpc) is 3.16. The zero-order valence-electron chi connectivity index (χ0n) is 10.4. The fourth-order valence-corrected chi connectivity index (χ4v) is 1.69. The summed E-state index contributed by atoms with van der Waals surface area (Å²) in [5.74, 6) is 0.866. The van der Waals surface area contributed by atoms with Gasteiger partial charge in [0.05, 0.1) is 12.8 Å². The van der Waals surface area contributed by atoms with Crippen molar-refractivity contribution >= 4 is 5.91 Å². The Kier molecular flexibility index (Phi) is 3.28. The summed E-state index contributed by atoms with van der Waals surface area (Å²) < 4.78 is 10.3. The Hall–Kier alpha value is -2.89. The number of hydrogen-bond donors (Lipinski definition) is 1. The highest BCUT2D eigenvalue weighted by atomic mass is 16.5. The number of rotatable bonds is 4. The third kappa shape index (κ3) is 2.59. The molecule has 0 radical (unpaired) electrons. The van der Waals surface area contributed by atoms with Crippen LogP contribution in [-0.2, 0) is 6.54 Å². The van der Waals surface area contributed by atoms with Gasteiger partial charge in [-0.1, -0.05) is 11.2 Å². The van der Waals surface area contributed by atoms with Crippen molar-refractivity contribution in [3.63, 3.8) is 0 Å². The Morgan fingerprint density at radius 1 is 1.20 bits per heavy atom. The van der Waals surface area contributed by atoms with Crippen molar-refractivity contribution in [3.8, 4) is 11.5 Å². The zero-order chi connectivity index (χ0) is 13.8. The molecule has 0 fully saturated rings. The maximum atomic E-state index is 11.8. The highest BCUT2D eigenvalue weighted by Gasteiger charge is 2.11. The average molecular weight is 269 g/mol. The molecule has 100 valence electrons. The number of nitrogens with zero attached hydrogens (tertiary/aromatic N) is 2. The maximum Gasteiger partial charge on any atom is 0.270 e. The zero-order valence-corrected chi connectivity index (χ0v) is 10.4. The van der Waals surface area contributed by atoms with Gasteiger partial charge in [0.25, 0.3) is 5.91 Å². The van der Waals surface area contributed by atoms with Crippen LogP contribution in [-0.4, -0.2) is 16.0 Å². The summed E-state index contributed by atoms with van der Waals surface area (Å²) in [5, 5.41) is 6.59. The predicted molar refractivity (Wildman–Crippen MR) is 69.6 cm³/mol. The molecular weight excluding hydrogens is 258 g/mol. The van der Waals surface area contributed by atoms with Gasteiger partial charge in [-0.15, -0.1) is 0 Å². The first-order chi connectivity index (χ1) is 9.83. The van der Waals surface area contributed by atoms with E-state index >= 15 is 0 Å². The second-order valence-corrected chi connectivity index (χ2v) is 4.06. The second-order valence-electron chi connectivity index (χ2n) is 4.06. The molecule has 0 atom stereocenters.